The van der Waals surface area contributed by atoms with Crippen LogP contribution in [0, 0.1) is 0 Å². The summed E-state index contributed by atoms with van der Waals surface area (Å²) in [5.74, 6) is 0.565. The van der Waals surface area contributed by atoms with Gasteiger partial charge in [-0.25, -0.2) is 0 Å². The number of hydrogen-bond donors (Lipinski definition) is 1. The first-order valence-electron chi connectivity index (χ1n) is 7.06. The molecule has 0 aliphatic carbocycles. The molecule has 1 rings (SSSR count). The molecule has 1 aromatic rings. The van der Waals surface area contributed by atoms with Crippen molar-refractivity contribution in [1.82, 2.24) is 15.5 Å². The van der Waals surface area contributed by atoms with Gasteiger partial charge in [0.05, 0.1) is 19.8 Å². The summed E-state index contributed by atoms with van der Waals surface area (Å²) in [5.41, 5.74) is 0. The minimum Gasteiger partial charge on any atom is -0.407 e. The van der Waals surface area contributed by atoms with Crippen molar-refractivity contribution in [3.8, 4) is 0 Å². The Kier molecular flexibility index (Phi) is 9.71. The topological polar surface area (TPSA) is 81.9 Å². The van der Waals surface area contributed by atoms with Crippen molar-refractivity contribution in [3.05, 3.63) is 5.89 Å². The van der Waals surface area contributed by atoms with E-state index in [1.807, 2.05) is 4.90 Å². The number of hydrogen-bond acceptors (Lipinski definition) is 8. The summed E-state index contributed by atoms with van der Waals surface area (Å²) < 4.78 is 20.8. The molecule has 0 amide bonds. The SMILES string of the molecule is COCCCN(CCOC)c1nnc(CNCCOC)o1. The van der Waals surface area contributed by atoms with E-state index in [9.17, 15) is 0 Å². The zero-order valence-corrected chi connectivity index (χ0v) is 13.1. The quantitative estimate of drug-likeness (QED) is 0.521. The Morgan fingerprint density at radius 1 is 1.00 bits per heavy atom. The Morgan fingerprint density at radius 3 is 2.48 bits per heavy atom. The highest BCUT2D eigenvalue weighted by molar-refractivity contribution is 5.23. The fraction of sp³-hybridized carbons (Fsp3) is 0.846. The fourth-order valence-corrected chi connectivity index (χ4v) is 1.72. The molecular formula is C13H26N4O4. The molecular weight excluding hydrogens is 276 g/mol. The first kappa shape index (κ1) is 17.8. The molecule has 0 atom stereocenters. The summed E-state index contributed by atoms with van der Waals surface area (Å²) in [7, 11) is 5.03. The maximum atomic E-state index is 5.66. The standard InChI is InChI=1S/C13H26N4O4/c1-18-8-4-6-17(7-10-20-3)13-16-15-12(21-13)11-14-5-9-19-2/h14H,4-11H2,1-3H3. The van der Waals surface area contributed by atoms with Gasteiger partial charge in [-0.3, -0.25) is 0 Å². The first-order valence-corrected chi connectivity index (χ1v) is 7.06. The zero-order valence-electron chi connectivity index (χ0n) is 13.1. The molecule has 122 valence electrons. The van der Waals surface area contributed by atoms with Gasteiger partial charge in [0, 0.05) is 47.6 Å². The van der Waals surface area contributed by atoms with E-state index in [4.69, 9.17) is 18.6 Å². The van der Waals surface area contributed by atoms with Crippen molar-refractivity contribution in [2.24, 2.45) is 0 Å². The molecule has 0 saturated heterocycles. The molecule has 0 fully saturated rings. The van der Waals surface area contributed by atoms with Crippen molar-refractivity contribution >= 4 is 6.01 Å². The lowest BCUT2D eigenvalue weighted by atomic mass is 10.4. The fourth-order valence-electron chi connectivity index (χ4n) is 1.72. The number of ether oxygens (including phenoxy) is 3. The van der Waals surface area contributed by atoms with Crippen molar-refractivity contribution in [2.75, 3.05) is 65.7 Å². The monoisotopic (exact) mass is 302 g/mol. The molecule has 0 aliphatic heterocycles. The summed E-state index contributed by atoms with van der Waals surface area (Å²) in [6.45, 7) is 4.73. The van der Waals surface area contributed by atoms with Crippen LogP contribution in [0.15, 0.2) is 4.42 Å². The lowest BCUT2D eigenvalue weighted by Gasteiger charge is -2.19. The molecule has 8 nitrogen and oxygen atoms in total. The van der Waals surface area contributed by atoms with Gasteiger partial charge in [0.1, 0.15) is 0 Å². The van der Waals surface area contributed by atoms with Crippen LogP contribution in [0.5, 0.6) is 0 Å². The summed E-state index contributed by atoms with van der Waals surface area (Å²) in [4.78, 5) is 2.01. The summed E-state index contributed by atoms with van der Waals surface area (Å²) in [6.07, 6.45) is 0.893. The van der Waals surface area contributed by atoms with Gasteiger partial charge in [0.2, 0.25) is 5.89 Å². The Bertz CT molecular complexity index is 362. The van der Waals surface area contributed by atoms with Gasteiger partial charge in [0.15, 0.2) is 0 Å². The lowest BCUT2D eigenvalue weighted by molar-refractivity contribution is 0.189. The van der Waals surface area contributed by atoms with Crippen LogP contribution in [0.4, 0.5) is 6.01 Å². The lowest BCUT2D eigenvalue weighted by Crippen LogP contribution is -2.29. The Labute approximate surface area is 125 Å². The second-order valence-corrected chi connectivity index (χ2v) is 4.47. The highest BCUT2D eigenvalue weighted by Crippen LogP contribution is 2.12. The maximum absolute atomic E-state index is 5.66. The molecule has 0 aromatic carbocycles. The van der Waals surface area contributed by atoms with Crippen LogP contribution in [0.1, 0.15) is 12.3 Å². The Balaban J connectivity index is 2.46. The molecule has 1 N–H and O–H groups in total. The summed E-state index contributed by atoms with van der Waals surface area (Å²) in [5, 5.41) is 11.3. The summed E-state index contributed by atoms with van der Waals surface area (Å²) in [6, 6.07) is 0.520. The third-order valence-electron chi connectivity index (χ3n) is 2.83. The third kappa shape index (κ3) is 7.37. The number of methoxy groups -OCH3 is 3. The van der Waals surface area contributed by atoms with E-state index in [0.29, 0.717) is 44.8 Å². The predicted octanol–water partition coefficient (Wildman–Crippen LogP) is 0.295. The van der Waals surface area contributed by atoms with Crippen molar-refractivity contribution in [3.63, 3.8) is 0 Å². The third-order valence-corrected chi connectivity index (χ3v) is 2.83. The molecule has 21 heavy (non-hydrogen) atoms. The highest BCUT2D eigenvalue weighted by atomic mass is 16.5. The van der Waals surface area contributed by atoms with E-state index < -0.39 is 0 Å². The van der Waals surface area contributed by atoms with Gasteiger partial charge in [0.25, 0.3) is 0 Å². The van der Waals surface area contributed by atoms with Crippen molar-refractivity contribution in [1.29, 1.82) is 0 Å². The number of nitrogens with zero attached hydrogens (tertiary/aromatic N) is 3. The second-order valence-electron chi connectivity index (χ2n) is 4.47. The van der Waals surface area contributed by atoms with Crippen LogP contribution >= 0.6 is 0 Å². The van der Waals surface area contributed by atoms with E-state index in [1.165, 1.54) is 0 Å². The number of anilines is 1. The second kappa shape index (κ2) is 11.4. The molecule has 1 aromatic heterocycles. The Hall–Kier alpha value is -1.22. The van der Waals surface area contributed by atoms with Crippen LogP contribution in [-0.2, 0) is 20.8 Å². The number of nitrogens with one attached hydrogen (secondary N) is 1. The molecule has 0 unspecified atom stereocenters. The van der Waals surface area contributed by atoms with Crippen LogP contribution in [0.3, 0.4) is 0 Å². The van der Waals surface area contributed by atoms with Gasteiger partial charge in [-0.05, 0) is 6.42 Å². The zero-order chi connectivity index (χ0) is 15.3. The van der Waals surface area contributed by atoms with Crippen molar-refractivity contribution in [2.45, 2.75) is 13.0 Å². The average Bonchev–Trinajstić information content (AvgIpc) is 2.96. The van der Waals surface area contributed by atoms with E-state index >= 15 is 0 Å². The van der Waals surface area contributed by atoms with Crippen LogP contribution in [-0.4, -0.2) is 71.0 Å². The van der Waals surface area contributed by atoms with Crippen LogP contribution in [0.25, 0.3) is 0 Å². The normalized spacial score (nSPS) is 11.0. The highest BCUT2D eigenvalue weighted by Gasteiger charge is 2.14. The van der Waals surface area contributed by atoms with Gasteiger partial charge < -0.3 is 28.8 Å². The largest absolute Gasteiger partial charge is 0.407 e. The summed E-state index contributed by atoms with van der Waals surface area (Å²) >= 11 is 0. The molecule has 0 spiro atoms. The minimum atomic E-state index is 0.520. The van der Waals surface area contributed by atoms with Crippen LogP contribution in [0.2, 0.25) is 0 Å². The Morgan fingerprint density at radius 2 is 1.76 bits per heavy atom. The molecule has 0 aliphatic rings. The van der Waals surface area contributed by atoms with E-state index in [1.54, 1.807) is 21.3 Å². The molecule has 1 heterocycles. The molecule has 0 saturated carbocycles. The molecule has 0 radical (unpaired) electrons. The molecule has 0 bridgehead atoms. The number of aromatic nitrogens is 2. The average molecular weight is 302 g/mol. The van der Waals surface area contributed by atoms with E-state index in [0.717, 1.165) is 19.5 Å². The smallest absolute Gasteiger partial charge is 0.318 e. The van der Waals surface area contributed by atoms with E-state index in [2.05, 4.69) is 15.5 Å². The minimum absolute atomic E-state index is 0.520. The van der Waals surface area contributed by atoms with Crippen molar-refractivity contribution < 1.29 is 18.6 Å². The van der Waals surface area contributed by atoms with Gasteiger partial charge >= 0.3 is 6.01 Å². The maximum Gasteiger partial charge on any atom is 0.318 e. The van der Waals surface area contributed by atoms with Crippen LogP contribution < -0.4 is 10.2 Å². The number of rotatable bonds is 13. The first-order chi connectivity index (χ1) is 10.3. The predicted molar refractivity (Wildman–Crippen MR) is 78.5 cm³/mol. The van der Waals surface area contributed by atoms with Gasteiger partial charge in [-0.1, -0.05) is 5.10 Å². The van der Waals surface area contributed by atoms with E-state index in [-0.39, 0.29) is 0 Å². The molecule has 8 heteroatoms. The van der Waals surface area contributed by atoms with Gasteiger partial charge in [-0.15, -0.1) is 5.10 Å². The van der Waals surface area contributed by atoms with Gasteiger partial charge in [-0.2, -0.15) is 0 Å².